The van der Waals surface area contributed by atoms with E-state index in [2.05, 4.69) is 21.3 Å². The Balaban J connectivity index is 1.68. The Hall–Kier alpha value is -4.04. The summed E-state index contributed by atoms with van der Waals surface area (Å²) in [4.78, 5) is 18.0. The van der Waals surface area contributed by atoms with Crippen molar-refractivity contribution in [3.05, 3.63) is 95.1 Å². The number of para-hydroxylation sites is 1. The molecule has 4 rings (SSSR count). The molecule has 0 atom stereocenters. The number of aromatic nitrogens is 1. The summed E-state index contributed by atoms with van der Waals surface area (Å²) >= 11 is 0. The molecule has 178 valence electrons. The molecule has 0 radical (unpaired) electrons. The van der Waals surface area contributed by atoms with Gasteiger partial charge in [0, 0.05) is 16.6 Å². The molecular formula is C27H26N4O3S. The molecular weight excluding hydrogens is 460 g/mol. The first kappa shape index (κ1) is 24.1. The van der Waals surface area contributed by atoms with Gasteiger partial charge in [-0.1, -0.05) is 48.0 Å². The molecule has 1 aromatic heterocycles. The molecule has 0 aliphatic rings. The lowest BCUT2D eigenvalue weighted by molar-refractivity contribution is 0.0956. The summed E-state index contributed by atoms with van der Waals surface area (Å²) in [7, 11) is -3.40. The monoisotopic (exact) mass is 486 g/mol. The van der Waals surface area contributed by atoms with Crippen molar-refractivity contribution in [2.45, 2.75) is 20.8 Å². The van der Waals surface area contributed by atoms with E-state index in [1.165, 1.54) is 0 Å². The highest BCUT2D eigenvalue weighted by Crippen LogP contribution is 2.28. The highest BCUT2D eigenvalue weighted by atomic mass is 32.2. The van der Waals surface area contributed by atoms with Crippen molar-refractivity contribution in [2.75, 3.05) is 11.0 Å². The zero-order valence-corrected chi connectivity index (χ0v) is 20.8. The standard InChI is InChI=1S/C27H26N4O3S/c1-17-12-13-18(2)23(14-17)26-16-24(22-10-5-6-11-25(22)28-26)27(32)30-29-19(3)20-8-7-9-21(15-20)31-35(4,33)34/h5-16,31H,1-4H3,(H,30,32)/b29-19-. The van der Waals surface area contributed by atoms with Crippen molar-refractivity contribution in [1.29, 1.82) is 0 Å². The van der Waals surface area contributed by atoms with Gasteiger partial charge >= 0.3 is 0 Å². The number of sulfonamides is 1. The van der Waals surface area contributed by atoms with Crippen LogP contribution in [0.25, 0.3) is 22.2 Å². The van der Waals surface area contributed by atoms with Gasteiger partial charge in [-0.3, -0.25) is 9.52 Å². The Kier molecular flexibility index (Phi) is 6.66. The molecule has 0 bridgehead atoms. The topological polar surface area (TPSA) is 101 Å². The number of hydrogen-bond donors (Lipinski definition) is 2. The maximum Gasteiger partial charge on any atom is 0.272 e. The number of benzene rings is 3. The number of carbonyl (C=O) groups is 1. The minimum Gasteiger partial charge on any atom is -0.284 e. The first-order valence-electron chi connectivity index (χ1n) is 11.0. The third-order valence-electron chi connectivity index (χ3n) is 5.54. The van der Waals surface area contributed by atoms with Crippen LogP contribution in [0.5, 0.6) is 0 Å². The van der Waals surface area contributed by atoms with E-state index >= 15 is 0 Å². The van der Waals surface area contributed by atoms with Crippen LogP contribution in [0.1, 0.15) is 34.0 Å². The normalized spacial score (nSPS) is 11.9. The van der Waals surface area contributed by atoms with E-state index in [0.717, 1.165) is 39.5 Å². The molecule has 4 aromatic rings. The van der Waals surface area contributed by atoms with E-state index in [0.29, 0.717) is 22.5 Å². The number of amides is 1. The Bertz CT molecular complexity index is 1580. The molecule has 0 spiro atoms. The highest BCUT2D eigenvalue weighted by molar-refractivity contribution is 7.92. The van der Waals surface area contributed by atoms with E-state index in [9.17, 15) is 13.2 Å². The van der Waals surface area contributed by atoms with E-state index in [1.807, 2.05) is 50.2 Å². The summed E-state index contributed by atoms with van der Waals surface area (Å²) in [5.74, 6) is -0.361. The largest absolute Gasteiger partial charge is 0.284 e. The summed E-state index contributed by atoms with van der Waals surface area (Å²) in [6.07, 6.45) is 1.09. The van der Waals surface area contributed by atoms with Crippen LogP contribution in [0.3, 0.4) is 0 Å². The molecule has 0 unspecified atom stereocenters. The van der Waals surface area contributed by atoms with Gasteiger partial charge in [0.05, 0.1) is 28.7 Å². The SMILES string of the molecule is C/C(=N/NC(=O)c1cc(-c2cc(C)ccc2C)nc2ccccc12)c1cccc(NS(C)(=O)=O)c1. The highest BCUT2D eigenvalue weighted by Gasteiger charge is 2.15. The zero-order valence-electron chi connectivity index (χ0n) is 20.0. The number of pyridine rings is 1. The Labute approximate surface area is 205 Å². The molecule has 8 heteroatoms. The Morgan fingerprint density at radius 2 is 1.71 bits per heavy atom. The quantitative estimate of drug-likeness (QED) is 0.294. The second kappa shape index (κ2) is 9.68. The Morgan fingerprint density at radius 1 is 0.943 bits per heavy atom. The van der Waals surface area contributed by atoms with Gasteiger partial charge in [-0.05, 0) is 62.2 Å². The maximum atomic E-state index is 13.2. The molecule has 3 aromatic carbocycles. The predicted octanol–water partition coefficient (Wildman–Crippen LogP) is 5.04. The van der Waals surface area contributed by atoms with Gasteiger partial charge in [0.1, 0.15) is 0 Å². The van der Waals surface area contributed by atoms with Crippen molar-refractivity contribution in [2.24, 2.45) is 5.10 Å². The first-order chi connectivity index (χ1) is 16.6. The summed E-state index contributed by atoms with van der Waals surface area (Å²) < 4.78 is 25.5. The van der Waals surface area contributed by atoms with Gasteiger partial charge in [0.15, 0.2) is 0 Å². The summed E-state index contributed by atoms with van der Waals surface area (Å²) in [6.45, 7) is 5.79. The third kappa shape index (κ3) is 5.73. The molecule has 0 saturated carbocycles. The van der Waals surface area contributed by atoms with E-state index in [-0.39, 0.29) is 5.91 Å². The fraction of sp³-hybridized carbons (Fsp3) is 0.148. The van der Waals surface area contributed by atoms with Crippen molar-refractivity contribution in [3.63, 3.8) is 0 Å². The van der Waals surface area contributed by atoms with E-state index < -0.39 is 10.0 Å². The van der Waals surface area contributed by atoms with Crippen molar-refractivity contribution in [1.82, 2.24) is 10.4 Å². The van der Waals surface area contributed by atoms with Gasteiger partial charge in [-0.25, -0.2) is 18.8 Å². The van der Waals surface area contributed by atoms with Crippen LogP contribution in [-0.4, -0.2) is 31.3 Å². The fourth-order valence-corrected chi connectivity index (χ4v) is 4.35. The smallest absolute Gasteiger partial charge is 0.272 e. The second-order valence-corrected chi connectivity index (χ2v) is 10.2. The second-order valence-electron chi connectivity index (χ2n) is 8.48. The number of carbonyl (C=O) groups excluding carboxylic acids is 1. The van der Waals surface area contributed by atoms with Gasteiger partial charge in [-0.15, -0.1) is 0 Å². The Morgan fingerprint density at radius 3 is 2.49 bits per heavy atom. The van der Waals surface area contributed by atoms with E-state index in [1.54, 1.807) is 37.3 Å². The minimum atomic E-state index is -3.40. The van der Waals surface area contributed by atoms with E-state index in [4.69, 9.17) is 4.98 Å². The molecule has 0 aliphatic heterocycles. The molecule has 2 N–H and O–H groups in total. The molecule has 0 fully saturated rings. The summed E-state index contributed by atoms with van der Waals surface area (Å²) in [5, 5.41) is 5.00. The average molecular weight is 487 g/mol. The number of rotatable bonds is 6. The third-order valence-corrected chi connectivity index (χ3v) is 6.15. The predicted molar refractivity (Wildman–Crippen MR) is 141 cm³/mol. The van der Waals surface area contributed by atoms with Crippen LogP contribution < -0.4 is 10.1 Å². The maximum absolute atomic E-state index is 13.2. The van der Waals surface area contributed by atoms with Crippen molar-refractivity contribution < 1.29 is 13.2 Å². The average Bonchev–Trinajstić information content (AvgIpc) is 2.82. The van der Waals surface area contributed by atoms with Crippen LogP contribution in [0.2, 0.25) is 0 Å². The first-order valence-corrected chi connectivity index (χ1v) is 12.9. The number of hydrogen-bond acceptors (Lipinski definition) is 5. The zero-order chi connectivity index (χ0) is 25.2. The van der Waals surface area contributed by atoms with Crippen molar-refractivity contribution in [3.8, 4) is 11.3 Å². The van der Waals surface area contributed by atoms with Gasteiger partial charge in [0.25, 0.3) is 5.91 Å². The van der Waals surface area contributed by atoms with Crippen LogP contribution in [0, 0.1) is 13.8 Å². The minimum absolute atomic E-state index is 0.361. The number of aryl methyl sites for hydroxylation is 2. The molecule has 1 amide bonds. The van der Waals surface area contributed by atoms with Crippen LogP contribution in [0.15, 0.2) is 77.9 Å². The molecule has 7 nitrogen and oxygen atoms in total. The molecule has 35 heavy (non-hydrogen) atoms. The number of hydrazone groups is 1. The number of nitrogens with zero attached hydrogens (tertiary/aromatic N) is 2. The number of fused-ring (bicyclic) bond motifs is 1. The van der Waals surface area contributed by atoms with Crippen LogP contribution in [-0.2, 0) is 10.0 Å². The lowest BCUT2D eigenvalue weighted by atomic mass is 9.99. The number of nitrogens with one attached hydrogen (secondary N) is 2. The van der Waals surface area contributed by atoms with Gasteiger partial charge in [-0.2, -0.15) is 5.10 Å². The number of anilines is 1. The lowest BCUT2D eigenvalue weighted by Gasteiger charge is -2.12. The summed E-state index contributed by atoms with van der Waals surface area (Å²) in [6, 6.07) is 22.3. The van der Waals surface area contributed by atoms with Crippen molar-refractivity contribution >= 4 is 38.2 Å². The fourth-order valence-electron chi connectivity index (χ4n) is 3.79. The summed E-state index contributed by atoms with van der Waals surface area (Å²) in [5.41, 5.74) is 9.33. The van der Waals surface area contributed by atoms with Gasteiger partial charge in [0.2, 0.25) is 10.0 Å². The molecule has 0 saturated heterocycles. The van der Waals surface area contributed by atoms with Crippen LogP contribution >= 0.6 is 0 Å². The molecule has 1 heterocycles. The van der Waals surface area contributed by atoms with Gasteiger partial charge < -0.3 is 0 Å². The molecule has 0 aliphatic carbocycles. The van der Waals surface area contributed by atoms with Crippen LogP contribution in [0.4, 0.5) is 5.69 Å². The lowest BCUT2D eigenvalue weighted by Crippen LogP contribution is -2.20.